The Balaban J connectivity index is 1.59. The van der Waals surface area contributed by atoms with Crippen LogP contribution in [0.1, 0.15) is 29.3 Å². The minimum absolute atomic E-state index is 0.00721. The summed E-state index contributed by atoms with van der Waals surface area (Å²) >= 11 is 13.7. The third-order valence-electron chi connectivity index (χ3n) is 4.75. The predicted molar refractivity (Wildman–Crippen MR) is 105 cm³/mol. The second-order valence-corrected chi connectivity index (χ2v) is 8.17. The predicted octanol–water partition coefficient (Wildman–Crippen LogP) is 5.02. The van der Waals surface area contributed by atoms with Gasteiger partial charge in [0.15, 0.2) is 5.11 Å². The molecule has 5 nitrogen and oxygen atoms in total. The van der Waals surface area contributed by atoms with Gasteiger partial charge in [-0.3, -0.25) is 10.1 Å². The fraction of sp³-hybridized carbons (Fsp3) is 0.353. The maximum atomic E-state index is 11.0. The number of rotatable bonds is 3. The Kier molecular flexibility index (Phi) is 4.39. The van der Waals surface area contributed by atoms with E-state index in [1.807, 2.05) is 11.3 Å². The molecule has 1 aromatic heterocycles. The molecule has 1 atom stereocenters. The zero-order valence-corrected chi connectivity index (χ0v) is 15.7. The lowest BCUT2D eigenvalue weighted by Crippen LogP contribution is -2.42. The average molecular weight is 394 g/mol. The zero-order valence-electron chi connectivity index (χ0n) is 13.3. The molecule has 130 valence electrons. The maximum Gasteiger partial charge on any atom is 0.271 e. The molecular formula is C17H16ClN3O2S2. The van der Waals surface area contributed by atoms with Crippen LogP contribution >= 0.6 is 35.2 Å². The van der Waals surface area contributed by atoms with E-state index in [1.54, 1.807) is 0 Å². The number of benzene rings is 1. The van der Waals surface area contributed by atoms with Gasteiger partial charge in [0, 0.05) is 23.6 Å². The van der Waals surface area contributed by atoms with Crippen LogP contribution in [0.3, 0.4) is 0 Å². The lowest BCUT2D eigenvalue weighted by atomic mass is 9.96. The van der Waals surface area contributed by atoms with E-state index >= 15 is 0 Å². The highest BCUT2D eigenvalue weighted by Gasteiger charge is 2.41. The van der Waals surface area contributed by atoms with Gasteiger partial charge in [-0.15, -0.1) is 11.3 Å². The molecular weight excluding hydrogens is 378 g/mol. The van der Waals surface area contributed by atoms with Crippen LogP contribution in [-0.4, -0.2) is 21.5 Å². The van der Waals surface area contributed by atoms with Crippen LogP contribution in [0.15, 0.2) is 29.6 Å². The van der Waals surface area contributed by atoms with Crippen molar-refractivity contribution in [2.24, 2.45) is 5.92 Å². The smallest absolute Gasteiger partial charge is 0.271 e. The molecule has 1 aromatic carbocycles. The number of non-ortho nitro benzene ring substituents is 1. The SMILES string of the molecule is O=[N+]([O-])c1ccc(Cl)c(NC(=S)N2CCc3sccc3[C@@H]2C2CC2)c1. The van der Waals surface area contributed by atoms with E-state index in [-0.39, 0.29) is 5.69 Å². The first-order chi connectivity index (χ1) is 12.0. The lowest BCUT2D eigenvalue weighted by molar-refractivity contribution is -0.384. The summed E-state index contributed by atoms with van der Waals surface area (Å²) in [7, 11) is 0. The molecule has 4 rings (SSSR count). The van der Waals surface area contributed by atoms with E-state index in [1.165, 1.54) is 41.5 Å². The van der Waals surface area contributed by atoms with Crippen LogP contribution in [0.25, 0.3) is 0 Å². The summed E-state index contributed by atoms with van der Waals surface area (Å²) in [5.41, 5.74) is 1.85. The van der Waals surface area contributed by atoms with E-state index in [9.17, 15) is 10.1 Å². The van der Waals surface area contributed by atoms with Crippen molar-refractivity contribution in [3.63, 3.8) is 0 Å². The highest BCUT2D eigenvalue weighted by atomic mass is 35.5. The van der Waals surface area contributed by atoms with E-state index in [0.29, 0.717) is 27.8 Å². The van der Waals surface area contributed by atoms with Crippen molar-refractivity contribution in [3.05, 3.63) is 55.2 Å². The molecule has 0 saturated heterocycles. The molecule has 1 aliphatic heterocycles. The number of anilines is 1. The number of hydrogen-bond acceptors (Lipinski definition) is 4. The van der Waals surface area contributed by atoms with Crippen molar-refractivity contribution in [2.45, 2.75) is 25.3 Å². The molecule has 25 heavy (non-hydrogen) atoms. The summed E-state index contributed by atoms with van der Waals surface area (Å²) in [6, 6.07) is 6.85. The second-order valence-electron chi connectivity index (χ2n) is 6.38. The standard InChI is InChI=1S/C17H16ClN3O2S2/c18-13-4-3-11(21(22)23)9-14(13)19-17(24)20-7-5-15-12(6-8-25-15)16(20)10-1-2-10/h3-4,6,8-10,16H,1-2,5,7H2,(H,19,24)/t16-/m0/s1. The molecule has 2 aromatic rings. The molecule has 1 N–H and O–H groups in total. The van der Waals surface area contributed by atoms with Gasteiger partial charge >= 0.3 is 0 Å². The van der Waals surface area contributed by atoms with Crippen LogP contribution in [0.2, 0.25) is 5.02 Å². The van der Waals surface area contributed by atoms with Crippen molar-refractivity contribution in [1.82, 2.24) is 4.90 Å². The first-order valence-electron chi connectivity index (χ1n) is 8.12. The second kappa shape index (κ2) is 6.55. The number of hydrogen-bond donors (Lipinski definition) is 1. The molecule has 1 saturated carbocycles. The Hall–Kier alpha value is -1.70. The highest BCUT2D eigenvalue weighted by molar-refractivity contribution is 7.80. The minimum Gasteiger partial charge on any atom is -0.341 e. The van der Waals surface area contributed by atoms with Crippen molar-refractivity contribution < 1.29 is 4.92 Å². The molecule has 1 aliphatic carbocycles. The fourth-order valence-electron chi connectivity index (χ4n) is 3.40. The van der Waals surface area contributed by atoms with Crippen LogP contribution in [0.4, 0.5) is 11.4 Å². The number of nitrogens with one attached hydrogen (secondary N) is 1. The molecule has 0 radical (unpaired) electrons. The molecule has 0 unspecified atom stereocenters. The Labute approximate surface area is 159 Å². The number of nitrogens with zero attached hydrogens (tertiary/aromatic N) is 2. The normalized spacial score (nSPS) is 19.4. The first-order valence-corrected chi connectivity index (χ1v) is 9.79. The van der Waals surface area contributed by atoms with Gasteiger partial charge in [-0.2, -0.15) is 0 Å². The first kappa shape index (κ1) is 16.8. The highest BCUT2D eigenvalue weighted by Crippen LogP contribution is 2.48. The summed E-state index contributed by atoms with van der Waals surface area (Å²) in [6.45, 7) is 0.854. The molecule has 2 aliphatic rings. The van der Waals surface area contributed by atoms with Crippen molar-refractivity contribution in [1.29, 1.82) is 0 Å². The van der Waals surface area contributed by atoms with Crippen LogP contribution in [0, 0.1) is 16.0 Å². The third-order valence-corrected chi connectivity index (χ3v) is 6.41. The van der Waals surface area contributed by atoms with Crippen molar-refractivity contribution >= 4 is 51.6 Å². The molecule has 2 heterocycles. The minimum atomic E-state index is -0.434. The Bertz CT molecular complexity index is 850. The number of thiophene rings is 1. The number of fused-ring (bicyclic) bond motifs is 1. The molecule has 0 amide bonds. The number of halogens is 1. The lowest BCUT2D eigenvalue weighted by Gasteiger charge is -2.38. The van der Waals surface area contributed by atoms with Crippen LogP contribution in [0.5, 0.6) is 0 Å². The average Bonchev–Trinajstić information content (AvgIpc) is 3.31. The number of nitro groups is 1. The Morgan fingerprint density at radius 2 is 2.20 bits per heavy atom. The van der Waals surface area contributed by atoms with Gasteiger partial charge in [0.05, 0.1) is 21.7 Å². The van der Waals surface area contributed by atoms with E-state index in [0.717, 1.165) is 13.0 Å². The van der Waals surface area contributed by atoms with Gasteiger partial charge < -0.3 is 10.2 Å². The van der Waals surface area contributed by atoms with Crippen molar-refractivity contribution in [3.8, 4) is 0 Å². The van der Waals surface area contributed by atoms with E-state index in [2.05, 4.69) is 21.7 Å². The maximum absolute atomic E-state index is 11.0. The van der Waals surface area contributed by atoms with E-state index < -0.39 is 4.92 Å². The topological polar surface area (TPSA) is 58.4 Å². The Morgan fingerprint density at radius 3 is 2.92 bits per heavy atom. The van der Waals surface area contributed by atoms with Gasteiger partial charge in [0.1, 0.15) is 0 Å². The van der Waals surface area contributed by atoms with Gasteiger partial charge in [-0.05, 0) is 60.5 Å². The fourth-order valence-corrected chi connectivity index (χ4v) is 4.80. The molecule has 8 heteroatoms. The number of nitro benzene ring substituents is 1. The van der Waals surface area contributed by atoms with Gasteiger partial charge in [-0.25, -0.2) is 0 Å². The number of thiocarbonyl (C=S) groups is 1. The molecule has 0 spiro atoms. The van der Waals surface area contributed by atoms with Gasteiger partial charge in [0.25, 0.3) is 5.69 Å². The van der Waals surface area contributed by atoms with Crippen LogP contribution < -0.4 is 5.32 Å². The van der Waals surface area contributed by atoms with Gasteiger partial charge in [0.2, 0.25) is 0 Å². The van der Waals surface area contributed by atoms with Crippen LogP contribution in [-0.2, 0) is 6.42 Å². The summed E-state index contributed by atoms with van der Waals surface area (Å²) in [4.78, 5) is 14.2. The summed E-state index contributed by atoms with van der Waals surface area (Å²) in [5, 5.41) is 17.3. The van der Waals surface area contributed by atoms with Gasteiger partial charge in [-0.1, -0.05) is 11.6 Å². The van der Waals surface area contributed by atoms with Crippen molar-refractivity contribution in [2.75, 3.05) is 11.9 Å². The largest absolute Gasteiger partial charge is 0.341 e. The summed E-state index contributed by atoms with van der Waals surface area (Å²) < 4.78 is 0. The van der Waals surface area contributed by atoms with E-state index in [4.69, 9.17) is 23.8 Å². The zero-order chi connectivity index (χ0) is 17.6. The quantitative estimate of drug-likeness (QED) is 0.451. The summed E-state index contributed by atoms with van der Waals surface area (Å²) in [5.74, 6) is 0.633. The monoisotopic (exact) mass is 393 g/mol. The summed E-state index contributed by atoms with van der Waals surface area (Å²) in [6.07, 6.45) is 3.41. The Morgan fingerprint density at radius 1 is 1.40 bits per heavy atom. The molecule has 1 fully saturated rings. The third kappa shape index (κ3) is 3.23. The molecule has 0 bridgehead atoms.